The van der Waals surface area contributed by atoms with Crippen molar-refractivity contribution in [2.75, 3.05) is 20.2 Å². The van der Waals surface area contributed by atoms with Gasteiger partial charge in [0.2, 0.25) is 0 Å². The zero-order valence-electron chi connectivity index (χ0n) is 38.0. The van der Waals surface area contributed by atoms with Gasteiger partial charge in [-0.3, -0.25) is 19.2 Å². The van der Waals surface area contributed by atoms with E-state index in [0.29, 0.717) is 83.7 Å². The van der Waals surface area contributed by atoms with E-state index in [4.69, 9.17) is 28.4 Å². The van der Waals surface area contributed by atoms with Crippen molar-refractivity contribution in [3.63, 3.8) is 0 Å². The Hall–Kier alpha value is -2.20. The molecule has 0 aliphatic heterocycles. The molecule has 12 fully saturated rings. The fourth-order valence-electron chi connectivity index (χ4n) is 17.5. The van der Waals surface area contributed by atoms with Crippen molar-refractivity contribution in [2.45, 2.75) is 186 Å². The topological polar surface area (TPSA) is 124 Å². The first-order valence-corrected chi connectivity index (χ1v) is 25.3. The summed E-state index contributed by atoms with van der Waals surface area (Å²) in [6.07, 6.45) is 17.5. The number of esters is 4. The molecule has 65 heavy (non-hydrogen) atoms. The molecule has 10 nitrogen and oxygen atoms in total. The zero-order valence-corrected chi connectivity index (χ0v) is 38.0. The molecule has 0 aromatic rings. The van der Waals surface area contributed by atoms with Gasteiger partial charge in [-0.15, -0.1) is 0 Å². The van der Waals surface area contributed by atoms with E-state index in [1.54, 1.807) is 0 Å². The van der Waals surface area contributed by atoms with Crippen molar-refractivity contribution in [2.24, 2.45) is 118 Å². The van der Waals surface area contributed by atoms with E-state index in [-0.39, 0.29) is 97.1 Å². The molecule has 372 valence electrons. The standard InChI is InChI=1S/C30H44O5.C21H32O5.4CH4/c1-4-30(2,3)29(32)35-24-13-18-12-23(24)26-21-10-17(25(18)26)11-22(21)28(31)34-14-33-27-19-6-15-5-16(8-19)9-20(27)7-15;1-4-11(3)20(22)26-17-9-13-8-16(17)19-14-6-12(18(13)19)7-15(14)21(23)25-10-24-5-2;;;;/h15-27H,4-14H2,1-3H3;11-19H,4-10H2,1-3H3;4*1H4. The highest BCUT2D eigenvalue weighted by molar-refractivity contribution is 5.76. The summed E-state index contributed by atoms with van der Waals surface area (Å²) in [6, 6.07) is 0. The average molecular weight is 913 g/mol. The van der Waals surface area contributed by atoms with Gasteiger partial charge in [-0.25, -0.2) is 0 Å². The molecule has 0 spiro atoms. The summed E-state index contributed by atoms with van der Waals surface area (Å²) in [5.74, 6) is 10.1. The Morgan fingerprint density at radius 2 is 1.00 bits per heavy atom. The summed E-state index contributed by atoms with van der Waals surface area (Å²) in [7, 11) is 0. The summed E-state index contributed by atoms with van der Waals surface area (Å²) in [5, 5.41) is 0. The molecule has 12 rings (SSSR count). The zero-order chi connectivity index (χ0) is 42.5. The molecule has 0 heterocycles. The molecule has 12 saturated carbocycles. The van der Waals surface area contributed by atoms with E-state index >= 15 is 0 Å². The third-order valence-electron chi connectivity index (χ3n) is 20.2. The van der Waals surface area contributed by atoms with Gasteiger partial charge in [-0.05, 0) is 212 Å². The van der Waals surface area contributed by atoms with Crippen LogP contribution in [0.3, 0.4) is 0 Å². The third-order valence-corrected chi connectivity index (χ3v) is 20.2. The number of carbonyl (C=O) groups is 4. The molecule has 0 amide bonds. The quantitative estimate of drug-likeness (QED) is 0.0547. The summed E-state index contributed by atoms with van der Waals surface area (Å²) < 4.78 is 34.6. The van der Waals surface area contributed by atoms with Gasteiger partial charge in [-0.1, -0.05) is 50.5 Å². The fourth-order valence-corrected chi connectivity index (χ4v) is 17.5. The number of hydrogen-bond donors (Lipinski definition) is 0. The van der Waals surface area contributed by atoms with Crippen LogP contribution >= 0.6 is 0 Å². The van der Waals surface area contributed by atoms with Crippen LogP contribution in [0.1, 0.15) is 168 Å². The van der Waals surface area contributed by atoms with E-state index in [1.807, 2.05) is 34.6 Å². The predicted molar refractivity (Wildman–Crippen MR) is 251 cm³/mol. The molecule has 17 atom stereocenters. The lowest BCUT2D eigenvalue weighted by atomic mass is 9.55. The first-order valence-electron chi connectivity index (χ1n) is 25.3. The van der Waals surface area contributed by atoms with E-state index in [0.717, 1.165) is 68.6 Å². The highest BCUT2D eigenvalue weighted by Gasteiger charge is 2.68. The number of carbonyl (C=O) groups excluding carboxylic acids is 4. The number of hydrogen-bond acceptors (Lipinski definition) is 10. The normalized spacial score (nSPS) is 44.6. The predicted octanol–water partition coefficient (Wildman–Crippen LogP) is 11.6. The van der Waals surface area contributed by atoms with Crippen molar-refractivity contribution in [3.05, 3.63) is 0 Å². The van der Waals surface area contributed by atoms with Crippen molar-refractivity contribution in [1.82, 2.24) is 0 Å². The molecule has 0 radical (unpaired) electrons. The van der Waals surface area contributed by atoms with Gasteiger partial charge in [0.25, 0.3) is 0 Å². The summed E-state index contributed by atoms with van der Waals surface area (Å²) in [5.41, 5.74) is -0.417. The second-order valence-corrected chi connectivity index (χ2v) is 23.3. The van der Waals surface area contributed by atoms with Gasteiger partial charge in [0.05, 0.1) is 29.3 Å². The van der Waals surface area contributed by atoms with Crippen molar-refractivity contribution in [1.29, 1.82) is 0 Å². The lowest BCUT2D eigenvalue weighted by Gasteiger charge is -2.53. The number of rotatable bonds is 14. The second-order valence-electron chi connectivity index (χ2n) is 23.3. The Balaban J connectivity index is 0.000000211. The van der Waals surface area contributed by atoms with Crippen LogP contribution in [0.4, 0.5) is 0 Å². The fraction of sp³-hybridized carbons (Fsp3) is 0.927. The van der Waals surface area contributed by atoms with Crippen LogP contribution in [0.5, 0.6) is 0 Å². The maximum absolute atomic E-state index is 13.2. The molecular formula is C55H92O10. The third kappa shape index (κ3) is 9.10. The Bertz CT molecular complexity index is 1650. The van der Waals surface area contributed by atoms with Crippen LogP contribution in [0.15, 0.2) is 0 Å². The molecule has 0 aromatic heterocycles. The molecule has 12 aliphatic rings. The van der Waals surface area contributed by atoms with Crippen molar-refractivity contribution in [3.8, 4) is 0 Å². The molecule has 12 bridgehead atoms. The van der Waals surface area contributed by atoms with E-state index in [9.17, 15) is 19.2 Å². The van der Waals surface area contributed by atoms with E-state index in [2.05, 4.69) is 6.92 Å². The maximum Gasteiger partial charge on any atom is 0.311 e. The SMILES string of the molecule is C.C.C.C.CCC(C)(C)C(=O)OC1CC2CC1C1C3CC(CC3C(=O)OCOC3C4CC5CC(C4)CC3C5)C21.CCOCOC(=O)C1CC2CC1C1C3CC(CC3OC(=O)C(C)CC)C21. The lowest BCUT2D eigenvalue weighted by Crippen LogP contribution is -2.49. The van der Waals surface area contributed by atoms with Crippen LogP contribution < -0.4 is 0 Å². The Morgan fingerprint density at radius 3 is 1.48 bits per heavy atom. The van der Waals surface area contributed by atoms with Crippen LogP contribution in [-0.2, 0) is 47.6 Å². The first-order chi connectivity index (χ1) is 29.4. The van der Waals surface area contributed by atoms with Gasteiger partial charge in [-0.2, -0.15) is 0 Å². The first kappa shape index (κ1) is 52.2. The molecule has 0 N–H and O–H groups in total. The molecule has 0 aromatic carbocycles. The van der Waals surface area contributed by atoms with Gasteiger partial charge in [0, 0.05) is 6.61 Å². The minimum absolute atomic E-state index is 0. The smallest absolute Gasteiger partial charge is 0.311 e. The summed E-state index contributed by atoms with van der Waals surface area (Å²) in [6.45, 7) is 12.7. The molecular weight excluding hydrogens is 821 g/mol. The van der Waals surface area contributed by atoms with Gasteiger partial charge in [0.1, 0.15) is 12.2 Å². The van der Waals surface area contributed by atoms with Gasteiger partial charge >= 0.3 is 23.9 Å². The molecule has 0 saturated heterocycles. The molecule has 17 unspecified atom stereocenters. The monoisotopic (exact) mass is 913 g/mol. The van der Waals surface area contributed by atoms with Crippen molar-refractivity contribution < 1.29 is 47.6 Å². The Labute approximate surface area is 394 Å². The average Bonchev–Trinajstić information content (AvgIpc) is 4.11. The van der Waals surface area contributed by atoms with Gasteiger partial charge < -0.3 is 28.4 Å². The van der Waals surface area contributed by atoms with E-state index in [1.165, 1.54) is 51.4 Å². The number of ether oxygens (including phenoxy) is 6. The number of fused-ring (bicyclic) bond motifs is 18. The largest absolute Gasteiger partial charge is 0.462 e. The Kier molecular flexibility index (Phi) is 16.4. The highest BCUT2D eigenvalue weighted by atomic mass is 16.7. The Morgan fingerprint density at radius 1 is 0.538 bits per heavy atom. The summed E-state index contributed by atoms with van der Waals surface area (Å²) >= 11 is 0. The van der Waals surface area contributed by atoms with Crippen LogP contribution in [0, 0.1) is 118 Å². The second kappa shape index (κ2) is 20.4. The van der Waals surface area contributed by atoms with Crippen molar-refractivity contribution >= 4 is 23.9 Å². The lowest BCUT2D eigenvalue weighted by molar-refractivity contribution is -0.192. The van der Waals surface area contributed by atoms with E-state index < -0.39 is 5.41 Å². The highest BCUT2D eigenvalue weighted by Crippen LogP contribution is 2.71. The van der Waals surface area contributed by atoms with Crippen LogP contribution in [0.2, 0.25) is 0 Å². The maximum atomic E-state index is 13.2. The minimum atomic E-state index is -0.417. The molecule has 12 aliphatic carbocycles. The summed E-state index contributed by atoms with van der Waals surface area (Å²) in [4.78, 5) is 50.8. The van der Waals surface area contributed by atoms with Crippen LogP contribution in [0.25, 0.3) is 0 Å². The van der Waals surface area contributed by atoms with Crippen LogP contribution in [-0.4, -0.2) is 62.4 Å². The minimum Gasteiger partial charge on any atom is -0.462 e. The molecule has 10 heteroatoms. The van der Waals surface area contributed by atoms with Gasteiger partial charge in [0.15, 0.2) is 13.6 Å².